The number of rotatable bonds is 7. The zero-order chi connectivity index (χ0) is 23.2. The lowest BCUT2D eigenvalue weighted by molar-refractivity contribution is -0.137. The summed E-state index contributed by atoms with van der Waals surface area (Å²) < 4.78 is 7.70. The first-order valence-corrected chi connectivity index (χ1v) is 10.3. The topological polar surface area (TPSA) is 101 Å². The first-order valence-electron chi connectivity index (χ1n) is 10.3. The molecule has 0 saturated heterocycles. The van der Waals surface area contributed by atoms with Gasteiger partial charge in [0.2, 0.25) is 0 Å². The number of carboxylic acid groups (broad SMARTS) is 1. The molecule has 0 spiro atoms. The number of nitrogens with zero attached hydrogens (tertiary/aromatic N) is 4. The van der Waals surface area contributed by atoms with E-state index >= 15 is 0 Å². The highest BCUT2D eigenvalue weighted by Crippen LogP contribution is 2.25. The van der Waals surface area contributed by atoms with Gasteiger partial charge in [-0.25, -0.2) is 9.50 Å². The highest BCUT2D eigenvalue weighted by molar-refractivity contribution is 5.69. The summed E-state index contributed by atoms with van der Waals surface area (Å²) in [5.74, 6) is 5.15. The maximum atomic E-state index is 11.1. The van der Waals surface area contributed by atoms with Gasteiger partial charge in [0.15, 0.2) is 5.65 Å². The van der Waals surface area contributed by atoms with Gasteiger partial charge in [-0.15, -0.1) is 5.92 Å². The van der Waals surface area contributed by atoms with Gasteiger partial charge in [0.25, 0.3) is 0 Å². The van der Waals surface area contributed by atoms with Gasteiger partial charge in [-0.2, -0.15) is 10.4 Å². The van der Waals surface area contributed by atoms with Crippen molar-refractivity contribution in [2.75, 3.05) is 0 Å². The number of hydrogen-bond acceptors (Lipinski definition) is 5. The average Bonchev–Trinajstić information content (AvgIpc) is 3.31. The van der Waals surface area contributed by atoms with E-state index < -0.39 is 5.97 Å². The summed E-state index contributed by atoms with van der Waals surface area (Å²) in [6, 6.07) is 18.8. The van der Waals surface area contributed by atoms with Crippen LogP contribution in [0.2, 0.25) is 0 Å². The van der Waals surface area contributed by atoms with Crippen LogP contribution in [0.3, 0.4) is 0 Å². The molecule has 33 heavy (non-hydrogen) atoms. The Kier molecular flexibility index (Phi) is 6.33. The third kappa shape index (κ3) is 5.00. The third-order valence-corrected chi connectivity index (χ3v) is 5.17. The van der Waals surface area contributed by atoms with Crippen molar-refractivity contribution in [2.24, 2.45) is 0 Å². The fourth-order valence-electron chi connectivity index (χ4n) is 3.56. The van der Waals surface area contributed by atoms with E-state index in [0.717, 1.165) is 22.3 Å². The minimum absolute atomic E-state index is 0.0476. The summed E-state index contributed by atoms with van der Waals surface area (Å²) in [6.07, 6.45) is 3.33. The smallest absolute Gasteiger partial charge is 0.304 e. The minimum atomic E-state index is -0.887. The van der Waals surface area contributed by atoms with Gasteiger partial charge >= 0.3 is 5.97 Å². The molecule has 0 amide bonds. The van der Waals surface area contributed by atoms with Crippen LogP contribution in [0, 0.1) is 23.2 Å². The number of aromatic nitrogens is 3. The maximum absolute atomic E-state index is 11.1. The lowest BCUT2D eigenvalue weighted by Gasteiger charge is -2.12. The number of fused-ring (bicyclic) bond motifs is 1. The molecule has 4 aromatic rings. The fraction of sp³-hybridized carbons (Fsp3) is 0.154. The first kappa shape index (κ1) is 21.6. The van der Waals surface area contributed by atoms with Crippen molar-refractivity contribution in [3.8, 4) is 34.8 Å². The molecule has 0 saturated carbocycles. The minimum Gasteiger partial charge on any atom is -0.489 e. The van der Waals surface area contributed by atoms with Crippen LogP contribution in [0.1, 0.15) is 36.0 Å². The summed E-state index contributed by atoms with van der Waals surface area (Å²) in [5.41, 5.74) is 4.88. The quantitative estimate of drug-likeness (QED) is 0.430. The molecule has 0 aliphatic heterocycles. The fourth-order valence-corrected chi connectivity index (χ4v) is 3.56. The number of carbonyl (C=O) groups is 1. The molecule has 1 N–H and O–H groups in total. The SMILES string of the molecule is CC#C[C@@H](CC(=O)O)c1ccc(OCc2cc(-c3ccc(C#N)cc3)cn3ncnc23)cc1. The Morgan fingerprint density at radius 1 is 1.15 bits per heavy atom. The van der Waals surface area contributed by atoms with E-state index in [-0.39, 0.29) is 18.9 Å². The van der Waals surface area contributed by atoms with Crippen LogP contribution in [0.5, 0.6) is 5.75 Å². The van der Waals surface area contributed by atoms with E-state index in [1.54, 1.807) is 23.6 Å². The molecule has 0 bridgehead atoms. The molecule has 7 heteroatoms. The van der Waals surface area contributed by atoms with E-state index in [4.69, 9.17) is 15.1 Å². The Morgan fingerprint density at radius 3 is 2.58 bits per heavy atom. The molecule has 0 aliphatic rings. The highest BCUT2D eigenvalue weighted by Gasteiger charge is 2.14. The van der Waals surface area contributed by atoms with Crippen LogP contribution in [0.25, 0.3) is 16.8 Å². The number of hydrogen-bond donors (Lipinski definition) is 1. The molecule has 7 nitrogen and oxygen atoms in total. The van der Waals surface area contributed by atoms with Crippen LogP contribution in [0.15, 0.2) is 67.1 Å². The summed E-state index contributed by atoms with van der Waals surface area (Å²) in [7, 11) is 0. The maximum Gasteiger partial charge on any atom is 0.304 e. The summed E-state index contributed by atoms with van der Waals surface area (Å²) in [4.78, 5) is 15.4. The molecular weight excluding hydrogens is 416 g/mol. The third-order valence-electron chi connectivity index (χ3n) is 5.17. The molecule has 2 aromatic carbocycles. The Balaban J connectivity index is 1.55. The van der Waals surface area contributed by atoms with E-state index in [1.165, 1.54) is 6.33 Å². The number of nitriles is 1. The Bertz CT molecular complexity index is 1390. The standard InChI is InChI=1S/C26H20N4O3/c1-2-3-21(13-25(31)32)19-8-10-24(11-9-19)33-16-23-12-22(15-30-26(23)28-17-29-30)20-6-4-18(14-27)5-7-20/h4-12,15,17,21H,13,16H2,1H3,(H,31,32)/t21-/m0/s1. The van der Waals surface area contributed by atoms with Crippen molar-refractivity contribution in [3.05, 3.63) is 83.8 Å². The zero-order valence-electron chi connectivity index (χ0n) is 17.9. The Labute approximate surface area is 190 Å². The normalized spacial score (nSPS) is 11.3. The molecule has 0 aliphatic carbocycles. The molecule has 1 atom stereocenters. The van der Waals surface area contributed by atoms with Crippen molar-refractivity contribution >= 4 is 11.6 Å². The monoisotopic (exact) mass is 436 g/mol. The van der Waals surface area contributed by atoms with Gasteiger partial charge in [0, 0.05) is 17.3 Å². The largest absolute Gasteiger partial charge is 0.489 e. The van der Waals surface area contributed by atoms with Crippen LogP contribution in [-0.4, -0.2) is 25.7 Å². The lowest BCUT2D eigenvalue weighted by Crippen LogP contribution is -2.05. The van der Waals surface area contributed by atoms with E-state index in [9.17, 15) is 4.79 Å². The first-order chi connectivity index (χ1) is 16.1. The van der Waals surface area contributed by atoms with Crippen molar-refractivity contribution < 1.29 is 14.6 Å². The number of pyridine rings is 1. The number of ether oxygens (including phenoxy) is 1. The number of carboxylic acids is 1. The van der Waals surface area contributed by atoms with Gasteiger partial charge < -0.3 is 9.84 Å². The van der Waals surface area contributed by atoms with Crippen molar-refractivity contribution in [3.63, 3.8) is 0 Å². The second-order valence-corrected chi connectivity index (χ2v) is 7.37. The van der Waals surface area contributed by atoms with Crippen LogP contribution >= 0.6 is 0 Å². The molecule has 162 valence electrons. The van der Waals surface area contributed by atoms with Gasteiger partial charge in [-0.3, -0.25) is 4.79 Å². The van der Waals surface area contributed by atoms with Crippen LogP contribution in [0.4, 0.5) is 0 Å². The lowest BCUT2D eigenvalue weighted by atomic mass is 9.96. The number of aliphatic carboxylic acids is 1. The average molecular weight is 436 g/mol. The van der Waals surface area contributed by atoms with Gasteiger partial charge in [-0.1, -0.05) is 30.2 Å². The van der Waals surface area contributed by atoms with E-state index in [1.807, 2.05) is 48.7 Å². The van der Waals surface area contributed by atoms with E-state index in [2.05, 4.69) is 28.0 Å². The van der Waals surface area contributed by atoms with Crippen molar-refractivity contribution in [1.82, 2.24) is 14.6 Å². The Hall–Kier alpha value is -4.62. The molecule has 0 unspecified atom stereocenters. The van der Waals surface area contributed by atoms with Gasteiger partial charge in [0.1, 0.15) is 18.7 Å². The van der Waals surface area contributed by atoms with Crippen LogP contribution in [-0.2, 0) is 11.4 Å². The number of benzene rings is 2. The molecule has 2 aromatic heterocycles. The molecule has 0 fully saturated rings. The molecule has 4 rings (SSSR count). The van der Waals surface area contributed by atoms with Crippen molar-refractivity contribution in [2.45, 2.75) is 25.9 Å². The molecule has 0 radical (unpaired) electrons. The predicted octanol–water partition coefficient (Wildman–Crippen LogP) is 4.43. The summed E-state index contributed by atoms with van der Waals surface area (Å²) >= 11 is 0. The van der Waals surface area contributed by atoms with Crippen LogP contribution < -0.4 is 4.74 Å². The van der Waals surface area contributed by atoms with Gasteiger partial charge in [0.05, 0.1) is 24.0 Å². The van der Waals surface area contributed by atoms with Gasteiger partial charge in [-0.05, 0) is 48.4 Å². The second kappa shape index (κ2) is 9.67. The van der Waals surface area contributed by atoms with E-state index in [0.29, 0.717) is 17.0 Å². The summed E-state index contributed by atoms with van der Waals surface area (Å²) in [5, 5.41) is 22.4. The zero-order valence-corrected chi connectivity index (χ0v) is 17.9. The van der Waals surface area contributed by atoms with Crippen molar-refractivity contribution in [1.29, 1.82) is 5.26 Å². The molecule has 2 heterocycles. The molecular formula is C26H20N4O3. The predicted molar refractivity (Wildman–Crippen MR) is 122 cm³/mol. The second-order valence-electron chi connectivity index (χ2n) is 7.37. The Morgan fingerprint density at radius 2 is 1.91 bits per heavy atom. The highest BCUT2D eigenvalue weighted by atomic mass is 16.5. The summed E-state index contributed by atoms with van der Waals surface area (Å²) in [6.45, 7) is 1.97.